The van der Waals surface area contributed by atoms with Crippen LogP contribution in [0.5, 0.6) is 0 Å². The Hall–Kier alpha value is -2.67. The summed E-state index contributed by atoms with van der Waals surface area (Å²) in [5.74, 6) is 1.30. The van der Waals surface area contributed by atoms with Crippen molar-refractivity contribution in [1.29, 1.82) is 0 Å². The highest BCUT2D eigenvalue weighted by Crippen LogP contribution is 2.29. The Balaban J connectivity index is 1.35. The largest absolute Gasteiger partial charge is 0.369 e. The molecule has 0 saturated carbocycles. The van der Waals surface area contributed by atoms with E-state index in [4.69, 9.17) is 10.3 Å². The van der Waals surface area contributed by atoms with Gasteiger partial charge in [-0.05, 0) is 50.6 Å². The molecule has 3 N–H and O–H groups in total. The van der Waals surface area contributed by atoms with Gasteiger partial charge in [0.1, 0.15) is 0 Å². The summed E-state index contributed by atoms with van der Waals surface area (Å²) in [7, 11) is 0. The van der Waals surface area contributed by atoms with Crippen LogP contribution >= 0.6 is 0 Å². The number of primary amides is 1. The molecule has 4 rings (SSSR count). The SMILES string of the molecule is NC(=O)C1CCN(C(=O)C[C@@H]2CCNC[C@H]2Cc2cc(-c3ccccc3)on2)CC1. The number of nitrogens with zero attached hydrogens (tertiary/aromatic N) is 2. The van der Waals surface area contributed by atoms with Gasteiger partial charge < -0.3 is 20.5 Å². The Kier molecular flexibility index (Phi) is 6.47. The zero-order valence-electron chi connectivity index (χ0n) is 17.3. The van der Waals surface area contributed by atoms with Crippen LogP contribution in [0.1, 0.15) is 31.4 Å². The van der Waals surface area contributed by atoms with Gasteiger partial charge in [-0.25, -0.2) is 0 Å². The number of aromatic nitrogens is 1. The maximum Gasteiger partial charge on any atom is 0.222 e. The van der Waals surface area contributed by atoms with Crippen LogP contribution in [0.3, 0.4) is 0 Å². The minimum Gasteiger partial charge on any atom is -0.369 e. The van der Waals surface area contributed by atoms with Gasteiger partial charge in [0.2, 0.25) is 11.8 Å². The second-order valence-corrected chi connectivity index (χ2v) is 8.53. The Bertz CT molecular complexity index is 858. The van der Waals surface area contributed by atoms with E-state index in [0.717, 1.165) is 42.9 Å². The lowest BCUT2D eigenvalue weighted by Crippen LogP contribution is -2.44. The Morgan fingerprint density at radius 2 is 1.90 bits per heavy atom. The second kappa shape index (κ2) is 9.43. The van der Waals surface area contributed by atoms with Crippen molar-refractivity contribution in [3.63, 3.8) is 0 Å². The fraction of sp³-hybridized carbons (Fsp3) is 0.522. The van der Waals surface area contributed by atoms with Gasteiger partial charge in [-0.15, -0.1) is 0 Å². The van der Waals surface area contributed by atoms with E-state index >= 15 is 0 Å². The van der Waals surface area contributed by atoms with Crippen LogP contribution in [0.2, 0.25) is 0 Å². The molecular formula is C23H30N4O3. The highest BCUT2D eigenvalue weighted by molar-refractivity contribution is 5.79. The summed E-state index contributed by atoms with van der Waals surface area (Å²) in [5.41, 5.74) is 7.36. The normalized spacial score (nSPS) is 22.7. The lowest BCUT2D eigenvalue weighted by atomic mass is 9.80. The smallest absolute Gasteiger partial charge is 0.222 e. The summed E-state index contributed by atoms with van der Waals surface area (Å²) in [4.78, 5) is 26.1. The third-order valence-electron chi connectivity index (χ3n) is 6.54. The van der Waals surface area contributed by atoms with Crippen molar-refractivity contribution in [2.24, 2.45) is 23.5 Å². The molecule has 2 atom stereocenters. The molecule has 7 nitrogen and oxygen atoms in total. The zero-order chi connectivity index (χ0) is 20.9. The first-order valence-corrected chi connectivity index (χ1v) is 10.9. The van der Waals surface area contributed by atoms with E-state index in [-0.39, 0.29) is 17.7 Å². The molecule has 3 heterocycles. The number of rotatable bonds is 6. The minimum absolute atomic E-state index is 0.0911. The quantitative estimate of drug-likeness (QED) is 0.760. The van der Waals surface area contributed by atoms with Crippen LogP contribution in [0.15, 0.2) is 40.9 Å². The summed E-state index contributed by atoms with van der Waals surface area (Å²) >= 11 is 0. The number of hydrogen-bond acceptors (Lipinski definition) is 5. The molecule has 2 aliphatic heterocycles. The number of piperidine rings is 2. The molecular weight excluding hydrogens is 380 g/mol. The predicted molar refractivity (Wildman–Crippen MR) is 113 cm³/mol. The molecule has 2 saturated heterocycles. The Labute approximate surface area is 177 Å². The van der Waals surface area contributed by atoms with Crippen molar-refractivity contribution >= 4 is 11.8 Å². The maximum atomic E-state index is 12.9. The highest BCUT2D eigenvalue weighted by atomic mass is 16.5. The molecule has 0 bridgehead atoms. The van der Waals surface area contributed by atoms with Crippen molar-refractivity contribution in [2.45, 2.75) is 32.1 Å². The van der Waals surface area contributed by atoms with E-state index < -0.39 is 0 Å². The van der Waals surface area contributed by atoms with Gasteiger partial charge in [-0.1, -0.05) is 35.5 Å². The molecule has 30 heavy (non-hydrogen) atoms. The molecule has 0 radical (unpaired) electrons. The number of likely N-dealkylation sites (tertiary alicyclic amines) is 1. The van der Waals surface area contributed by atoms with E-state index in [9.17, 15) is 9.59 Å². The fourth-order valence-corrected chi connectivity index (χ4v) is 4.67. The van der Waals surface area contributed by atoms with E-state index in [1.54, 1.807) is 0 Å². The van der Waals surface area contributed by atoms with Gasteiger partial charge in [0.25, 0.3) is 0 Å². The average molecular weight is 411 g/mol. The third-order valence-corrected chi connectivity index (χ3v) is 6.54. The van der Waals surface area contributed by atoms with Crippen molar-refractivity contribution in [2.75, 3.05) is 26.2 Å². The average Bonchev–Trinajstić information content (AvgIpc) is 3.24. The van der Waals surface area contributed by atoms with Crippen LogP contribution in [0, 0.1) is 17.8 Å². The van der Waals surface area contributed by atoms with E-state index in [1.807, 2.05) is 41.3 Å². The minimum atomic E-state index is -0.247. The van der Waals surface area contributed by atoms with Crippen molar-refractivity contribution in [3.05, 3.63) is 42.1 Å². The summed E-state index contributed by atoms with van der Waals surface area (Å²) < 4.78 is 5.55. The third kappa shape index (κ3) is 4.90. The topological polar surface area (TPSA) is 101 Å². The number of benzene rings is 1. The van der Waals surface area contributed by atoms with Gasteiger partial charge >= 0.3 is 0 Å². The Morgan fingerprint density at radius 3 is 2.63 bits per heavy atom. The first-order valence-electron chi connectivity index (χ1n) is 10.9. The van der Waals surface area contributed by atoms with Crippen LogP contribution in [0.25, 0.3) is 11.3 Å². The highest BCUT2D eigenvalue weighted by Gasteiger charge is 2.31. The van der Waals surface area contributed by atoms with Crippen molar-refractivity contribution < 1.29 is 14.1 Å². The van der Waals surface area contributed by atoms with Gasteiger partial charge in [0.15, 0.2) is 5.76 Å². The predicted octanol–water partition coefficient (Wildman–Crippen LogP) is 2.22. The number of carbonyl (C=O) groups excluding carboxylic acids is 2. The monoisotopic (exact) mass is 410 g/mol. The standard InChI is InChI=1S/C23H30N4O3/c24-23(29)17-7-10-27(11-8-17)22(28)13-18-6-9-25-15-19(18)12-20-14-21(30-26-20)16-4-2-1-3-5-16/h1-5,14,17-19,25H,6-13,15H2,(H2,24,29)/t18-,19+/m0/s1. The van der Waals surface area contributed by atoms with E-state index in [1.165, 1.54) is 0 Å². The van der Waals surface area contributed by atoms with Crippen LogP contribution < -0.4 is 11.1 Å². The van der Waals surface area contributed by atoms with Gasteiger partial charge in [0.05, 0.1) is 5.69 Å². The number of nitrogens with one attached hydrogen (secondary N) is 1. The van der Waals surface area contributed by atoms with E-state index in [2.05, 4.69) is 10.5 Å². The summed E-state index contributed by atoms with van der Waals surface area (Å²) in [6, 6.07) is 12.0. The number of amides is 2. The molecule has 1 aromatic carbocycles. The van der Waals surface area contributed by atoms with Gasteiger partial charge in [-0.3, -0.25) is 9.59 Å². The molecule has 2 aliphatic rings. The number of nitrogens with two attached hydrogens (primary N) is 1. The molecule has 0 spiro atoms. The molecule has 7 heteroatoms. The van der Waals surface area contributed by atoms with E-state index in [0.29, 0.717) is 44.2 Å². The van der Waals surface area contributed by atoms with Crippen molar-refractivity contribution in [1.82, 2.24) is 15.4 Å². The zero-order valence-corrected chi connectivity index (χ0v) is 17.3. The molecule has 0 unspecified atom stereocenters. The van der Waals surface area contributed by atoms with Crippen LogP contribution in [-0.2, 0) is 16.0 Å². The van der Waals surface area contributed by atoms with Gasteiger partial charge in [0, 0.05) is 37.1 Å². The number of carbonyl (C=O) groups is 2. The Morgan fingerprint density at radius 1 is 1.13 bits per heavy atom. The second-order valence-electron chi connectivity index (χ2n) is 8.53. The molecule has 2 aromatic rings. The van der Waals surface area contributed by atoms with Gasteiger partial charge in [-0.2, -0.15) is 0 Å². The fourth-order valence-electron chi connectivity index (χ4n) is 4.67. The summed E-state index contributed by atoms with van der Waals surface area (Å²) in [6.45, 7) is 3.08. The summed E-state index contributed by atoms with van der Waals surface area (Å²) in [6.07, 6.45) is 3.69. The maximum absolute atomic E-state index is 12.9. The molecule has 2 fully saturated rings. The number of hydrogen-bond donors (Lipinski definition) is 2. The van der Waals surface area contributed by atoms with Crippen LogP contribution in [-0.4, -0.2) is 48.0 Å². The first-order chi connectivity index (χ1) is 14.6. The lowest BCUT2D eigenvalue weighted by molar-refractivity contribution is -0.136. The van der Waals surface area contributed by atoms with Crippen molar-refractivity contribution in [3.8, 4) is 11.3 Å². The molecule has 2 amide bonds. The molecule has 160 valence electrons. The molecule has 1 aromatic heterocycles. The first kappa shape index (κ1) is 20.6. The lowest BCUT2D eigenvalue weighted by Gasteiger charge is -2.35. The molecule has 0 aliphatic carbocycles. The van der Waals surface area contributed by atoms with Crippen LogP contribution in [0.4, 0.5) is 0 Å². The summed E-state index contributed by atoms with van der Waals surface area (Å²) in [5, 5.41) is 7.73.